The molecule has 1 atom stereocenters. The summed E-state index contributed by atoms with van der Waals surface area (Å²) >= 11 is 0. The Morgan fingerprint density at radius 2 is 1.95 bits per heavy atom. The summed E-state index contributed by atoms with van der Waals surface area (Å²) in [6, 6.07) is 10.3. The highest BCUT2D eigenvalue weighted by Crippen LogP contribution is 2.15. The maximum atomic E-state index is 5.80. The average molecular weight is 391 g/mol. The lowest BCUT2D eigenvalue weighted by atomic mass is 10.1. The maximum absolute atomic E-state index is 5.80. The van der Waals surface area contributed by atoms with Gasteiger partial charge in [-0.05, 0) is 25.8 Å². The summed E-state index contributed by atoms with van der Waals surface area (Å²) in [5.41, 5.74) is 1.22. The predicted molar refractivity (Wildman–Crippen MR) is 95.9 cm³/mol. The fourth-order valence-corrected chi connectivity index (χ4v) is 1.75. The largest absolute Gasteiger partial charge is 0.374 e. The van der Waals surface area contributed by atoms with Gasteiger partial charge in [-0.2, -0.15) is 0 Å². The molecule has 2 N–H and O–H groups in total. The van der Waals surface area contributed by atoms with Gasteiger partial charge in [-0.1, -0.05) is 30.3 Å². The zero-order valence-corrected chi connectivity index (χ0v) is 14.9. The standard InChI is InChI=1S/C15H25N3O.HI/c1-4-17-15(16-3)18-11-8-12-19-13(2)14-9-6-5-7-10-14;/h5-7,9-10,13H,4,8,11-12H2,1-3H3,(H2,16,17,18);1H. The first-order valence-corrected chi connectivity index (χ1v) is 6.89. The van der Waals surface area contributed by atoms with Crippen molar-refractivity contribution in [1.29, 1.82) is 0 Å². The molecule has 4 nitrogen and oxygen atoms in total. The first-order chi connectivity index (χ1) is 9.27. The average Bonchev–Trinajstić information content (AvgIpc) is 2.46. The molecule has 0 aliphatic heterocycles. The summed E-state index contributed by atoms with van der Waals surface area (Å²) in [6.45, 7) is 6.62. The second kappa shape index (κ2) is 12.0. The summed E-state index contributed by atoms with van der Waals surface area (Å²) in [7, 11) is 1.78. The van der Waals surface area contributed by atoms with Crippen LogP contribution in [0.2, 0.25) is 0 Å². The zero-order valence-electron chi connectivity index (χ0n) is 12.6. The molecule has 0 saturated heterocycles. The minimum Gasteiger partial charge on any atom is -0.374 e. The van der Waals surface area contributed by atoms with Crippen LogP contribution in [0.3, 0.4) is 0 Å². The normalized spacial score (nSPS) is 12.4. The lowest BCUT2D eigenvalue weighted by molar-refractivity contribution is 0.0646. The van der Waals surface area contributed by atoms with Crippen LogP contribution in [0.25, 0.3) is 0 Å². The van der Waals surface area contributed by atoms with Crippen molar-refractivity contribution in [2.24, 2.45) is 4.99 Å². The quantitative estimate of drug-likeness (QED) is 0.325. The van der Waals surface area contributed by atoms with Gasteiger partial charge in [0.1, 0.15) is 0 Å². The zero-order chi connectivity index (χ0) is 13.9. The third kappa shape index (κ3) is 7.69. The van der Waals surface area contributed by atoms with E-state index < -0.39 is 0 Å². The van der Waals surface area contributed by atoms with Crippen LogP contribution in [0.1, 0.15) is 31.9 Å². The molecule has 1 aromatic carbocycles. The first kappa shape index (κ1) is 19.2. The highest BCUT2D eigenvalue weighted by atomic mass is 127. The highest BCUT2D eigenvalue weighted by Gasteiger charge is 2.04. The summed E-state index contributed by atoms with van der Waals surface area (Å²) in [5, 5.41) is 6.40. The van der Waals surface area contributed by atoms with Crippen molar-refractivity contribution in [3.8, 4) is 0 Å². The van der Waals surface area contributed by atoms with Crippen molar-refractivity contribution in [2.75, 3.05) is 26.7 Å². The van der Waals surface area contributed by atoms with E-state index >= 15 is 0 Å². The molecule has 0 spiro atoms. The van der Waals surface area contributed by atoms with E-state index in [0.29, 0.717) is 0 Å². The third-order valence-corrected chi connectivity index (χ3v) is 2.82. The molecule has 114 valence electrons. The molecule has 0 aliphatic carbocycles. The van der Waals surface area contributed by atoms with Crippen LogP contribution in [0.15, 0.2) is 35.3 Å². The van der Waals surface area contributed by atoms with E-state index in [2.05, 4.69) is 41.6 Å². The van der Waals surface area contributed by atoms with Crippen molar-refractivity contribution in [3.63, 3.8) is 0 Å². The van der Waals surface area contributed by atoms with Crippen LogP contribution in [-0.2, 0) is 4.74 Å². The molecule has 1 rings (SSSR count). The Hall–Kier alpha value is -0.820. The number of benzene rings is 1. The van der Waals surface area contributed by atoms with Crippen LogP contribution in [0, 0.1) is 0 Å². The molecule has 0 heterocycles. The molecule has 20 heavy (non-hydrogen) atoms. The molecule has 0 aromatic heterocycles. The van der Waals surface area contributed by atoms with E-state index in [1.165, 1.54) is 5.56 Å². The van der Waals surface area contributed by atoms with Crippen LogP contribution in [0.4, 0.5) is 0 Å². The minimum absolute atomic E-state index is 0. The highest BCUT2D eigenvalue weighted by molar-refractivity contribution is 14.0. The number of ether oxygens (including phenoxy) is 1. The second-order valence-electron chi connectivity index (χ2n) is 4.31. The summed E-state index contributed by atoms with van der Waals surface area (Å²) in [4.78, 5) is 4.11. The molecule has 1 aromatic rings. The molecule has 0 amide bonds. The van der Waals surface area contributed by atoms with Crippen molar-refractivity contribution < 1.29 is 4.74 Å². The van der Waals surface area contributed by atoms with Gasteiger partial charge in [-0.25, -0.2) is 0 Å². The van der Waals surface area contributed by atoms with E-state index in [0.717, 1.165) is 32.1 Å². The van der Waals surface area contributed by atoms with E-state index in [1.54, 1.807) is 7.05 Å². The molecular weight excluding hydrogens is 365 g/mol. The number of halogens is 1. The molecule has 0 aliphatic rings. The molecular formula is C15H26IN3O. The Morgan fingerprint density at radius 1 is 1.25 bits per heavy atom. The Morgan fingerprint density at radius 3 is 2.55 bits per heavy atom. The second-order valence-corrected chi connectivity index (χ2v) is 4.31. The van der Waals surface area contributed by atoms with E-state index in [4.69, 9.17) is 4.74 Å². The summed E-state index contributed by atoms with van der Waals surface area (Å²) < 4.78 is 5.80. The van der Waals surface area contributed by atoms with Crippen LogP contribution < -0.4 is 10.6 Å². The number of hydrogen-bond donors (Lipinski definition) is 2. The number of nitrogens with zero attached hydrogens (tertiary/aromatic N) is 1. The number of aliphatic imine (C=N–C) groups is 1. The van der Waals surface area contributed by atoms with Crippen molar-refractivity contribution >= 4 is 29.9 Å². The Balaban J connectivity index is 0.00000361. The van der Waals surface area contributed by atoms with E-state index in [-0.39, 0.29) is 30.1 Å². The minimum atomic E-state index is 0. The van der Waals surface area contributed by atoms with Crippen molar-refractivity contribution in [2.45, 2.75) is 26.4 Å². The summed E-state index contributed by atoms with van der Waals surface area (Å²) in [5.74, 6) is 0.846. The van der Waals surface area contributed by atoms with Gasteiger partial charge in [-0.3, -0.25) is 4.99 Å². The molecule has 0 radical (unpaired) electrons. The number of rotatable bonds is 7. The fraction of sp³-hybridized carbons (Fsp3) is 0.533. The van der Waals surface area contributed by atoms with Crippen molar-refractivity contribution in [1.82, 2.24) is 10.6 Å². The van der Waals surface area contributed by atoms with Crippen LogP contribution in [0.5, 0.6) is 0 Å². The Labute approximate surface area is 139 Å². The molecule has 0 bridgehead atoms. The summed E-state index contributed by atoms with van der Waals surface area (Å²) in [6.07, 6.45) is 1.11. The van der Waals surface area contributed by atoms with Gasteiger partial charge in [0.15, 0.2) is 5.96 Å². The monoisotopic (exact) mass is 391 g/mol. The Kier molecular flexibility index (Phi) is 11.5. The van der Waals surface area contributed by atoms with E-state index in [9.17, 15) is 0 Å². The van der Waals surface area contributed by atoms with Gasteiger partial charge in [0.2, 0.25) is 0 Å². The Bertz CT molecular complexity index is 371. The fourth-order valence-electron chi connectivity index (χ4n) is 1.75. The number of hydrogen-bond acceptors (Lipinski definition) is 2. The third-order valence-electron chi connectivity index (χ3n) is 2.82. The van der Waals surface area contributed by atoms with Gasteiger partial charge in [-0.15, -0.1) is 24.0 Å². The lowest BCUT2D eigenvalue weighted by Crippen LogP contribution is -2.37. The SMILES string of the molecule is CCNC(=NC)NCCCOC(C)c1ccccc1.I. The molecule has 0 fully saturated rings. The van der Waals surface area contributed by atoms with Crippen LogP contribution >= 0.6 is 24.0 Å². The number of nitrogens with one attached hydrogen (secondary N) is 2. The van der Waals surface area contributed by atoms with Gasteiger partial charge >= 0.3 is 0 Å². The lowest BCUT2D eigenvalue weighted by Gasteiger charge is -2.14. The van der Waals surface area contributed by atoms with Crippen LogP contribution in [-0.4, -0.2) is 32.7 Å². The topological polar surface area (TPSA) is 45.7 Å². The predicted octanol–water partition coefficient (Wildman–Crippen LogP) is 2.96. The van der Waals surface area contributed by atoms with E-state index in [1.807, 2.05) is 18.2 Å². The molecule has 5 heteroatoms. The first-order valence-electron chi connectivity index (χ1n) is 6.89. The maximum Gasteiger partial charge on any atom is 0.190 e. The van der Waals surface area contributed by atoms with Gasteiger partial charge in [0.05, 0.1) is 6.10 Å². The molecule has 0 saturated carbocycles. The van der Waals surface area contributed by atoms with Gasteiger partial charge in [0.25, 0.3) is 0 Å². The van der Waals surface area contributed by atoms with Gasteiger partial charge < -0.3 is 15.4 Å². The van der Waals surface area contributed by atoms with Crippen molar-refractivity contribution in [3.05, 3.63) is 35.9 Å². The smallest absolute Gasteiger partial charge is 0.190 e. The number of guanidine groups is 1. The molecule has 1 unspecified atom stereocenters. The van der Waals surface area contributed by atoms with Gasteiger partial charge in [0, 0.05) is 26.7 Å².